The fraction of sp³-hybridized carbons (Fsp3) is 0.250. The first-order valence-corrected chi connectivity index (χ1v) is 9.76. The van der Waals surface area contributed by atoms with Gasteiger partial charge in [-0.2, -0.15) is 16.9 Å². The largest absolute Gasteiger partial charge is 0.507 e. The van der Waals surface area contributed by atoms with Crippen LogP contribution in [0.1, 0.15) is 28.6 Å². The van der Waals surface area contributed by atoms with Crippen molar-refractivity contribution in [3.05, 3.63) is 69.9 Å². The Labute approximate surface area is 160 Å². The van der Waals surface area contributed by atoms with Crippen LogP contribution in [0.2, 0.25) is 0 Å². The summed E-state index contributed by atoms with van der Waals surface area (Å²) in [6.45, 7) is 2.22. The molecular weight excluding hydrogens is 362 g/mol. The second-order valence-corrected chi connectivity index (χ2v) is 7.66. The molecule has 0 amide bonds. The predicted molar refractivity (Wildman–Crippen MR) is 107 cm³/mol. The van der Waals surface area contributed by atoms with E-state index in [0.717, 1.165) is 22.6 Å². The molecule has 0 saturated heterocycles. The lowest BCUT2D eigenvalue weighted by atomic mass is 9.99. The first-order valence-electron chi connectivity index (χ1n) is 8.71. The minimum Gasteiger partial charge on any atom is -0.507 e. The molecule has 27 heavy (non-hydrogen) atoms. The summed E-state index contributed by atoms with van der Waals surface area (Å²) in [7, 11) is 0. The fourth-order valence-electron chi connectivity index (χ4n) is 3.29. The third-order valence-corrected chi connectivity index (χ3v) is 5.74. The first kappa shape index (κ1) is 17.6. The number of aryl methyl sites for hydroxylation is 1. The van der Waals surface area contributed by atoms with Gasteiger partial charge < -0.3 is 9.52 Å². The topological polar surface area (TPSA) is 91.5 Å². The van der Waals surface area contributed by atoms with Gasteiger partial charge >= 0.3 is 5.63 Å². The molecule has 0 radical (unpaired) electrons. The number of thioether (sulfide) groups is 1. The molecule has 3 heterocycles. The number of aromatic hydroxyl groups is 1. The summed E-state index contributed by atoms with van der Waals surface area (Å²) in [5.41, 5.74) is 3.20. The van der Waals surface area contributed by atoms with E-state index >= 15 is 0 Å². The number of hydrogen-bond donors (Lipinski definition) is 2. The molecule has 138 valence electrons. The van der Waals surface area contributed by atoms with Gasteiger partial charge in [-0.1, -0.05) is 30.3 Å². The van der Waals surface area contributed by atoms with E-state index in [0.29, 0.717) is 24.4 Å². The minimum atomic E-state index is -0.549. The van der Waals surface area contributed by atoms with Crippen molar-refractivity contribution in [3.8, 4) is 17.0 Å². The Morgan fingerprint density at radius 3 is 2.89 bits per heavy atom. The summed E-state index contributed by atoms with van der Waals surface area (Å²) in [5.74, 6) is 1.12. The number of aromatic amines is 1. The smallest absolute Gasteiger partial charge is 0.348 e. The van der Waals surface area contributed by atoms with Crippen molar-refractivity contribution in [3.63, 3.8) is 0 Å². The third-order valence-electron chi connectivity index (χ3n) is 4.50. The normalized spacial score (nSPS) is 17.4. The number of benzene rings is 1. The van der Waals surface area contributed by atoms with E-state index in [1.54, 1.807) is 18.7 Å². The molecule has 1 unspecified atom stereocenters. The number of aliphatic imine (C=N–C) groups is 1. The van der Waals surface area contributed by atoms with Crippen LogP contribution in [0.15, 0.2) is 56.8 Å². The van der Waals surface area contributed by atoms with Gasteiger partial charge in [0.2, 0.25) is 0 Å². The van der Waals surface area contributed by atoms with Gasteiger partial charge in [-0.05, 0) is 6.92 Å². The lowest BCUT2D eigenvalue weighted by Crippen LogP contribution is -2.17. The zero-order chi connectivity index (χ0) is 18.8. The number of hydrogen-bond acceptors (Lipinski definition) is 6. The van der Waals surface area contributed by atoms with E-state index in [4.69, 9.17) is 4.42 Å². The van der Waals surface area contributed by atoms with Crippen LogP contribution in [0.3, 0.4) is 0 Å². The summed E-state index contributed by atoms with van der Waals surface area (Å²) in [5, 5.41) is 17.8. The Morgan fingerprint density at radius 1 is 1.30 bits per heavy atom. The van der Waals surface area contributed by atoms with Crippen LogP contribution < -0.4 is 5.63 Å². The van der Waals surface area contributed by atoms with E-state index < -0.39 is 5.63 Å². The highest BCUT2D eigenvalue weighted by Gasteiger charge is 2.26. The maximum atomic E-state index is 12.3. The van der Waals surface area contributed by atoms with Crippen molar-refractivity contribution in [1.82, 2.24) is 10.2 Å². The summed E-state index contributed by atoms with van der Waals surface area (Å²) >= 11 is 1.78. The lowest BCUT2D eigenvalue weighted by molar-refractivity contribution is 0.432. The van der Waals surface area contributed by atoms with Crippen molar-refractivity contribution in [2.24, 2.45) is 4.99 Å². The van der Waals surface area contributed by atoms with E-state index in [1.807, 2.05) is 36.5 Å². The van der Waals surface area contributed by atoms with Crippen molar-refractivity contribution < 1.29 is 9.52 Å². The maximum absolute atomic E-state index is 12.3. The molecule has 2 N–H and O–H groups in total. The van der Waals surface area contributed by atoms with E-state index in [-0.39, 0.29) is 16.6 Å². The number of rotatable bonds is 3. The summed E-state index contributed by atoms with van der Waals surface area (Å²) in [4.78, 5) is 16.9. The van der Waals surface area contributed by atoms with Gasteiger partial charge in [0, 0.05) is 47.4 Å². The molecule has 7 heteroatoms. The van der Waals surface area contributed by atoms with Crippen LogP contribution in [0.4, 0.5) is 0 Å². The highest BCUT2D eigenvalue weighted by Crippen LogP contribution is 2.39. The standard InChI is InChI=1S/C20H19N3O3S/c1-12-9-16(24)18(20(25)26-12)15-10-17(27-8-7-21-15)14-11-22-23-19(14)13-5-3-2-4-6-13/h2-6,9,11,17,24H,7-8,10H2,1H3,(H,22,23). The molecule has 0 aliphatic carbocycles. The van der Waals surface area contributed by atoms with E-state index in [2.05, 4.69) is 15.2 Å². The Bertz CT molecular complexity index is 1040. The zero-order valence-electron chi connectivity index (χ0n) is 14.8. The summed E-state index contributed by atoms with van der Waals surface area (Å²) in [6.07, 6.45) is 2.42. The molecular formula is C20H19N3O3S. The van der Waals surface area contributed by atoms with Crippen molar-refractivity contribution in [1.29, 1.82) is 0 Å². The van der Waals surface area contributed by atoms with Crippen LogP contribution in [0.5, 0.6) is 5.75 Å². The van der Waals surface area contributed by atoms with Crippen LogP contribution in [0, 0.1) is 6.92 Å². The monoisotopic (exact) mass is 381 g/mol. The molecule has 3 aromatic rings. The van der Waals surface area contributed by atoms with E-state index in [9.17, 15) is 9.90 Å². The average molecular weight is 381 g/mol. The quantitative estimate of drug-likeness (QED) is 0.722. The highest BCUT2D eigenvalue weighted by molar-refractivity contribution is 7.99. The minimum absolute atomic E-state index is 0.0697. The molecule has 1 aliphatic heterocycles. The fourth-order valence-corrected chi connectivity index (χ4v) is 4.41. The average Bonchev–Trinajstić information content (AvgIpc) is 3.01. The number of nitrogens with one attached hydrogen (secondary N) is 1. The number of aromatic nitrogens is 2. The van der Waals surface area contributed by atoms with Gasteiger partial charge in [-0.3, -0.25) is 10.1 Å². The van der Waals surface area contributed by atoms with Crippen molar-refractivity contribution >= 4 is 17.5 Å². The molecule has 0 fully saturated rings. The van der Waals surface area contributed by atoms with Crippen LogP contribution in [-0.2, 0) is 0 Å². The number of nitrogens with zero attached hydrogens (tertiary/aromatic N) is 2. The molecule has 1 aliphatic rings. The molecule has 0 bridgehead atoms. The van der Waals surface area contributed by atoms with Gasteiger partial charge in [0.05, 0.1) is 11.4 Å². The lowest BCUT2D eigenvalue weighted by Gasteiger charge is -2.15. The summed E-state index contributed by atoms with van der Waals surface area (Å²) < 4.78 is 5.18. The zero-order valence-corrected chi connectivity index (χ0v) is 15.6. The Hall–Kier alpha value is -2.80. The Balaban J connectivity index is 1.71. The second kappa shape index (κ2) is 7.44. The Morgan fingerprint density at radius 2 is 2.11 bits per heavy atom. The van der Waals surface area contributed by atoms with E-state index in [1.165, 1.54) is 6.07 Å². The van der Waals surface area contributed by atoms with Gasteiger partial charge in [0.25, 0.3) is 0 Å². The SMILES string of the molecule is Cc1cc(O)c(C2=NCCSC(c3c[nH]nc3-c3ccccc3)C2)c(=O)o1. The molecule has 4 rings (SSSR count). The highest BCUT2D eigenvalue weighted by atomic mass is 32.2. The van der Waals surface area contributed by atoms with Crippen LogP contribution >= 0.6 is 11.8 Å². The first-order chi connectivity index (χ1) is 13.1. The van der Waals surface area contributed by atoms with Crippen LogP contribution in [0.25, 0.3) is 11.3 Å². The van der Waals surface area contributed by atoms with Gasteiger partial charge in [0.1, 0.15) is 17.1 Å². The second-order valence-electron chi connectivity index (χ2n) is 6.35. The molecule has 1 aromatic carbocycles. The van der Waals surface area contributed by atoms with Gasteiger partial charge in [-0.15, -0.1) is 0 Å². The molecule has 6 nitrogen and oxygen atoms in total. The predicted octanol–water partition coefficient (Wildman–Crippen LogP) is 3.71. The van der Waals surface area contributed by atoms with Gasteiger partial charge in [-0.25, -0.2) is 4.79 Å². The summed E-state index contributed by atoms with van der Waals surface area (Å²) in [6, 6.07) is 11.4. The number of H-pyrrole nitrogens is 1. The molecule has 1 atom stereocenters. The Kier molecular flexibility index (Phi) is 4.85. The van der Waals surface area contributed by atoms with Crippen molar-refractivity contribution in [2.45, 2.75) is 18.6 Å². The molecule has 2 aromatic heterocycles. The van der Waals surface area contributed by atoms with Crippen molar-refractivity contribution in [2.75, 3.05) is 12.3 Å². The van der Waals surface area contributed by atoms with Crippen LogP contribution in [-0.4, -0.2) is 33.3 Å². The van der Waals surface area contributed by atoms with Gasteiger partial charge in [0.15, 0.2) is 0 Å². The molecule has 0 saturated carbocycles. The third kappa shape index (κ3) is 3.55. The molecule has 0 spiro atoms. The maximum Gasteiger partial charge on any atom is 0.348 e.